The monoisotopic (exact) mass is 178 g/mol. The second-order valence-corrected chi connectivity index (χ2v) is 3.21. The Bertz CT molecular complexity index is 323. The number of aliphatic carboxylic acids is 1. The van der Waals surface area contributed by atoms with Crippen molar-refractivity contribution in [2.75, 3.05) is 6.61 Å². The minimum Gasteiger partial charge on any atom is -0.500 e. The summed E-state index contributed by atoms with van der Waals surface area (Å²) in [6.07, 6.45) is 7.55. The van der Waals surface area contributed by atoms with Crippen LogP contribution in [-0.4, -0.2) is 17.7 Å². The van der Waals surface area contributed by atoms with Gasteiger partial charge in [-0.15, -0.1) is 0 Å². The highest BCUT2D eigenvalue weighted by molar-refractivity contribution is 5.71. The number of ether oxygens (including phenoxy) is 1. The molecular formula is C10H10O3. The van der Waals surface area contributed by atoms with E-state index in [-0.39, 0.29) is 6.42 Å². The maximum absolute atomic E-state index is 10.4. The molecule has 0 saturated heterocycles. The average Bonchev–Trinajstić information content (AvgIpc) is 2.49. The van der Waals surface area contributed by atoms with Gasteiger partial charge in [0.1, 0.15) is 0 Å². The standard InChI is InChI=1S/C10H10O3/c11-10(12)4-7-1-2-8-5-13-6-9(8)3-7/h1-3,6,8H,4-5H2,(H,11,12). The van der Waals surface area contributed by atoms with Gasteiger partial charge in [-0.05, 0) is 11.1 Å². The van der Waals surface area contributed by atoms with E-state index in [4.69, 9.17) is 9.84 Å². The zero-order valence-electron chi connectivity index (χ0n) is 7.06. The van der Waals surface area contributed by atoms with E-state index in [2.05, 4.69) is 0 Å². The molecule has 0 aromatic heterocycles. The maximum atomic E-state index is 10.4. The molecule has 13 heavy (non-hydrogen) atoms. The van der Waals surface area contributed by atoms with Crippen LogP contribution < -0.4 is 0 Å². The fraction of sp³-hybridized carbons (Fsp3) is 0.300. The third-order valence-corrected chi connectivity index (χ3v) is 2.17. The van der Waals surface area contributed by atoms with Crippen LogP contribution in [0.4, 0.5) is 0 Å². The van der Waals surface area contributed by atoms with Gasteiger partial charge in [-0.2, -0.15) is 0 Å². The number of carbonyl (C=O) groups is 1. The third kappa shape index (κ3) is 1.64. The highest BCUT2D eigenvalue weighted by Gasteiger charge is 2.20. The normalized spacial score (nSPS) is 24.5. The van der Waals surface area contributed by atoms with Gasteiger partial charge >= 0.3 is 5.97 Å². The lowest BCUT2D eigenvalue weighted by atomic mass is 9.93. The summed E-state index contributed by atoms with van der Waals surface area (Å²) in [5, 5.41) is 8.58. The number of fused-ring (bicyclic) bond motifs is 1. The van der Waals surface area contributed by atoms with Gasteiger partial charge in [0.15, 0.2) is 0 Å². The fourth-order valence-electron chi connectivity index (χ4n) is 1.53. The van der Waals surface area contributed by atoms with Crippen LogP contribution >= 0.6 is 0 Å². The van der Waals surface area contributed by atoms with Crippen LogP contribution in [0.1, 0.15) is 6.42 Å². The van der Waals surface area contributed by atoms with Crippen LogP contribution in [0.15, 0.2) is 35.6 Å². The van der Waals surface area contributed by atoms with Crippen molar-refractivity contribution in [2.45, 2.75) is 6.42 Å². The number of carboxylic acids is 1. The lowest BCUT2D eigenvalue weighted by Gasteiger charge is -2.10. The molecule has 1 aliphatic heterocycles. The largest absolute Gasteiger partial charge is 0.500 e. The van der Waals surface area contributed by atoms with Gasteiger partial charge in [0.25, 0.3) is 0 Å². The molecule has 0 bridgehead atoms. The SMILES string of the molecule is O=C(O)CC1=CC2=COCC2C=C1. The Hall–Kier alpha value is -1.51. The summed E-state index contributed by atoms with van der Waals surface area (Å²) in [5.74, 6) is -0.466. The highest BCUT2D eigenvalue weighted by atomic mass is 16.5. The van der Waals surface area contributed by atoms with Crippen LogP contribution in [0.25, 0.3) is 0 Å². The first-order chi connectivity index (χ1) is 6.25. The van der Waals surface area contributed by atoms with Crippen molar-refractivity contribution in [1.82, 2.24) is 0 Å². The molecule has 1 aliphatic carbocycles. The van der Waals surface area contributed by atoms with Crippen molar-refractivity contribution < 1.29 is 14.6 Å². The van der Waals surface area contributed by atoms with Crippen molar-refractivity contribution >= 4 is 5.97 Å². The first kappa shape index (κ1) is 8.10. The smallest absolute Gasteiger partial charge is 0.307 e. The molecule has 68 valence electrons. The van der Waals surface area contributed by atoms with Crippen molar-refractivity contribution in [2.24, 2.45) is 5.92 Å². The minimum absolute atomic E-state index is 0.0839. The third-order valence-electron chi connectivity index (χ3n) is 2.17. The zero-order chi connectivity index (χ0) is 9.26. The molecule has 0 radical (unpaired) electrons. The lowest BCUT2D eigenvalue weighted by Crippen LogP contribution is -2.05. The van der Waals surface area contributed by atoms with Gasteiger partial charge in [-0.3, -0.25) is 4.79 Å². The Morgan fingerprint density at radius 3 is 3.31 bits per heavy atom. The van der Waals surface area contributed by atoms with Crippen molar-refractivity contribution in [3.05, 3.63) is 35.6 Å². The van der Waals surface area contributed by atoms with E-state index in [1.165, 1.54) is 0 Å². The predicted molar refractivity (Wildman–Crippen MR) is 47.0 cm³/mol. The van der Waals surface area contributed by atoms with Gasteiger partial charge in [-0.1, -0.05) is 18.2 Å². The molecule has 0 saturated carbocycles. The molecule has 3 heteroatoms. The van der Waals surface area contributed by atoms with E-state index >= 15 is 0 Å². The van der Waals surface area contributed by atoms with Crippen molar-refractivity contribution in [3.63, 3.8) is 0 Å². The van der Waals surface area contributed by atoms with Crippen LogP contribution in [0.2, 0.25) is 0 Å². The highest BCUT2D eigenvalue weighted by Crippen LogP contribution is 2.28. The van der Waals surface area contributed by atoms with E-state index in [0.29, 0.717) is 12.5 Å². The van der Waals surface area contributed by atoms with Gasteiger partial charge in [0.05, 0.1) is 19.3 Å². The van der Waals surface area contributed by atoms with E-state index in [0.717, 1.165) is 11.1 Å². The maximum Gasteiger partial charge on any atom is 0.307 e. The molecule has 2 rings (SSSR count). The van der Waals surface area contributed by atoms with Crippen LogP contribution in [0, 0.1) is 5.92 Å². The van der Waals surface area contributed by atoms with Crippen LogP contribution in [-0.2, 0) is 9.53 Å². The average molecular weight is 178 g/mol. The molecule has 1 atom stereocenters. The van der Waals surface area contributed by atoms with Crippen molar-refractivity contribution in [3.8, 4) is 0 Å². The Labute approximate surface area is 76.0 Å². The zero-order valence-corrected chi connectivity index (χ0v) is 7.06. The molecule has 0 amide bonds. The lowest BCUT2D eigenvalue weighted by molar-refractivity contribution is -0.136. The summed E-state index contributed by atoms with van der Waals surface area (Å²) in [5.41, 5.74) is 1.92. The first-order valence-corrected chi connectivity index (χ1v) is 4.18. The Morgan fingerprint density at radius 2 is 2.54 bits per heavy atom. The molecular weight excluding hydrogens is 168 g/mol. The molecule has 0 aromatic rings. The topological polar surface area (TPSA) is 46.5 Å². The van der Waals surface area contributed by atoms with Crippen LogP contribution in [0.5, 0.6) is 0 Å². The molecule has 1 unspecified atom stereocenters. The summed E-state index contributed by atoms with van der Waals surface area (Å²) in [4.78, 5) is 10.4. The molecule has 1 heterocycles. The second-order valence-electron chi connectivity index (χ2n) is 3.21. The van der Waals surface area contributed by atoms with E-state index in [1.54, 1.807) is 6.26 Å². The quantitative estimate of drug-likeness (QED) is 0.696. The Morgan fingerprint density at radius 1 is 1.69 bits per heavy atom. The van der Waals surface area contributed by atoms with E-state index in [1.807, 2.05) is 18.2 Å². The van der Waals surface area contributed by atoms with E-state index < -0.39 is 5.97 Å². The minimum atomic E-state index is -0.797. The Kier molecular flexibility index (Phi) is 1.93. The number of allylic oxidation sites excluding steroid dienone is 2. The first-order valence-electron chi connectivity index (χ1n) is 4.18. The molecule has 3 nitrogen and oxygen atoms in total. The summed E-state index contributed by atoms with van der Waals surface area (Å²) >= 11 is 0. The van der Waals surface area contributed by atoms with Crippen LogP contribution in [0.3, 0.4) is 0 Å². The number of carboxylic acid groups (broad SMARTS) is 1. The van der Waals surface area contributed by atoms with Gasteiger partial charge in [-0.25, -0.2) is 0 Å². The van der Waals surface area contributed by atoms with Crippen molar-refractivity contribution in [1.29, 1.82) is 0 Å². The summed E-state index contributed by atoms with van der Waals surface area (Å²) in [7, 11) is 0. The summed E-state index contributed by atoms with van der Waals surface area (Å²) in [6, 6.07) is 0. The molecule has 0 aromatic carbocycles. The number of hydrogen-bond acceptors (Lipinski definition) is 2. The number of rotatable bonds is 2. The Balaban J connectivity index is 2.15. The van der Waals surface area contributed by atoms with E-state index in [9.17, 15) is 4.79 Å². The summed E-state index contributed by atoms with van der Waals surface area (Å²) in [6.45, 7) is 0.683. The molecule has 2 aliphatic rings. The predicted octanol–water partition coefficient (Wildman–Crippen LogP) is 1.49. The van der Waals surface area contributed by atoms with Gasteiger partial charge in [0.2, 0.25) is 0 Å². The van der Waals surface area contributed by atoms with Gasteiger partial charge < -0.3 is 9.84 Å². The second kappa shape index (κ2) is 3.09. The molecule has 0 spiro atoms. The molecule has 0 fully saturated rings. The molecule has 1 N–H and O–H groups in total. The number of hydrogen-bond donors (Lipinski definition) is 1. The fourth-order valence-corrected chi connectivity index (χ4v) is 1.53. The summed E-state index contributed by atoms with van der Waals surface area (Å²) < 4.78 is 5.14. The van der Waals surface area contributed by atoms with Gasteiger partial charge in [0, 0.05) is 5.92 Å².